The summed E-state index contributed by atoms with van der Waals surface area (Å²) in [5.41, 5.74) is 2.48. The van der Waals surface area contributed by atoms with Crippen LogP contribution in [0.2, 0.25) is 0 Å². The van der Waals surface area contributed by atoms with Crippen molar-refractivity contribution in [2.75, 3.05) is 32.8 Å². The van der Waals surface area contributed by atoms with Crippen LogP contribution in [0.15, 0.2) is 24.3 Å². The zero-order chi connectivity index (χ0) is 11.4. The standard InChI is InChI=1S/C13H20N2O/c1-11-3-2-4-12(9-11)13(10-16)15-7-5-14-6-8-15/h2-4,9,13-14,16H,5-8,10H2,1H3/t13-/m0/s1. The first-order chi connectivity index (χ1) is 7.81. The van der Waals surface area contributed by atoms with E-state index in [0.717, 1.165) is 26.2 Å². The molecule has 2 N–H and O–H groups in total. The molecule has 0 amide bonds. The van der Waals surface area contributed by atoms with Gasteiger partial charge < -0.3 is 10.4 Å². The van der Waals surface area contributed by atoms with Crippen LogP contribution in [0.3, 0.4) is 0 Å². The van der Waals surface area contributed by atoms with Crippen molar-refractivity contribution in [1.82, 2.24) is 10.2 Å². The number of piperazine rings is 1. The van der Waals surface area contributed by atoms with Crippen molar-refractivity contribution in [3.8, 4) is 0 Å². The van der Waals surface area contributed by atoms with Crippen molar-refractivity contribution in [1.29, 1.82) is 0 Å². The second-order valence-electron chi connectivity index (χ2n) is 4.40. The number of hydrogen-bond acceptors (Lipinski definition) is 3. The van der Waals surface area contributed by atoms with Crippen LogP contribution in [-0.4, -0.2) is 42.8 Å². The lowest BCUT2D eigenvalue weighted by atomic mass is 10.0. The van der Waals surface area contributed by atoms with E-state index in [-0.39, 0.29) is 12.6 Å². The molecule has 0 aromatic heterocycles. The predicted molar refractivity (Wildman–Crippen MR) is 65.4 cm³/mol. The van der Waals surface area contributed by atoms with Gasteiger partial charge >= 0.3 is 0 Å². The van der Waals surface area contributed by atoms with Crippen molar-refractivity contribution in [2.24, 2.45) is 0 Å². The zero-order valence-corrected chi connectivity index (χ0v) is 9.82. The summed E-state index contributed by atoms with van der Waals surface area (Å²) < 4.78 is 0. The van der Waals surface area contributed by atoms with Crippen LogP contribution in [0.1, 0.15) is 17.2 Å². The number of nitrogens with one attached hydrogen (secondary N) is 1. The van der Waals surface area contributed by atoms with Crippen LogP contribution in [0, 0.1) is 6.92 Å². The second-order valence-corrected chi connectivity index (χ2v) is 4.40. The number of aliphatic hydroxyl groups is 1. The minimum absolute atomic E-state index is 0.155. The molecule has 0 aliphatic carbocycles. The fourth-order valence-corrected chi connectivity index (χ4v) is 2.30. The van der Waals surface area contributed by atoms with Crippen molar-refractivity contribution < 1.29 is 5.11 Å². The Kier molecular flexibility index (Phi) is 3.93. The Labute approximate surface area is 97.1 Å². The van der Waals surface area contributed by atoms with Gasteiger partial charge in [0, 0.05) is 26.2 Å². The van der Waals surface area contributed by atoms with Gasteiger partial charge in [-0.3, -0.25) is 4.90 Å². The van der Waals surface area contributed by atoms with Crippen LogP contribution in [0.25, 0.3) is 0 Å². The lowest BCUT2D eigenvalue weighted by molar-refractivity contribution is 0.111. The first-order valence-corrected chi connectivity index (χ1v) is 5.93. The van der Waals surface area contributed by atoms with Crippen molar-refractivity contribution in [3.05, 3.63) is 35.4 Å². The van der Waals surface area contributed by atoms with E-state index in [1.165, 1.54) is 11.1 Å². The third-order valence-corrected chi connectivity index (χ3v) is 3.19. The van der Waals surface area contributed by atoms with E-state index in [9.17, 15) is 5.11 Å². The Morgan fingerprint density at radius 3 is 2.75 bits per heavy atom. The molecular formula is C13H20N2O. The third-order valence-electron chi connectivity index (χ3n) is 3.19. The Bertz CT molecular complexity index is 334. The molecular weight excluding hydrogens is 200 g/mol. The smallest absolute Gasteiger partial charge is 0.0628 e. The van der Waals surface area contributed by atoms with Gasteiger partial charge in [0.15, 0.2) is 0 Å². The van der Waals surface area contributed by atoms with Gasteiger partial charge in [0.05, 0.1) is 12.6 Å². The van der Waals surface area contributed by atoms with Crippen molar-refractivity contribution in [3.63, 3.8) is 0 Å². The van der Waals surface area contributed by atoms with Gasteiger partial charge in [0.2, 0.25) is 0 Å². The van der Waals surface area contributed by atoms with E-state index in [4.69, 9.17) is 0 Å². The molecule has 88 valence electrons. The summed E-state index contributed by atoms with van der Waals surface area (Å²) in [6.07, 6.45) is 0. The van der Waals surface area contributed by atoms with Crippen LogP contribution in [0.5, 0.6) is 0 Å². The van der Waals surface area contributed by atoms with Crippen LogP contribution in [-0.2, 0) is 0 Å². The molecule has 1 aliphatic heterocycles. The molecule has 3 nitrogen and oxygen atoms in total. The highest BCUT2D eigenvalue weighted by Gasteiger charge is 2.21. The molecule has 1 aromatic carbocycles. The molecule has 16 heavy (non-hydrogen) atoms. The molecule has 1 atom stereocenters. The van der Waals surface area contributed by atoms with Crippen LogP contribution < -0.4 is 5.32 Å². The number of aliphatic hydroxyl groups excluding tert-OH is 1. The van der Waals surface area contributed by atoms with E-state index in [1.807, 2.05) is 0 Å². The number of rotatable bonds is 3. The highest BCUT2D eigenvalue weighted by molar-refractivity contribution is 5.25. The summed E-state index contributed by atoms with van der Waals surface area (Å²) in [6.45, 7) is 6.35. The van der Waals surface area contributed by atoms with Gasteiger partial charge in [-0.25, -0.2) is 0 Å². The summed E-state index contributed by atoms with van der Waals surface area (Å²) >= 11 is 0. The highest BCUT2D eigenvalue weighted by Crippen LogP contribution is 2.21. The Morgan fingerprint density at radius 2 is 2.12 bits per heavy atom. The first-order valence-electron chi connectivity index (χ1n) is 5.93. The van der Waals surface area contributed by atoms with Gasteiger partial charge in [-0.15, -0.1) is 0 Å². The predicted octanol–water partition coefficient (Wildman–Crippen LogP) is 0.934. The average molecular weight is 220 g/mol. The molecule has 1 fully saturated rings. The summed E-state index contributed by atoms with van der Waals surface area (Å²) in [5, 5.41) is 12.9. The number of hydrogen-bond donors (Lipinski definition) is 2. The molecule has 1 aliphatic rings. The first kappa shape index (κ1) is 11.6. The normalized spacial score (nSPS) is 19.6. The SMILES string of the molecule is Cc1cccc([C@H](CO)N2CCNCC2)c1. The lowest BCUT2D eigenvalue weighted by Crippen LogP contribution is -2.46. The van der Waals surface area contributed by atoms with Crippen molar-refractivity contribution >= 4 is 0 Å². The Morgan fingerprint density at radius 1 is 1.38 bits per heavy atom. The van der Waals surface area contributed by atoms with Crippen molar-refractivity contribution in [2.45, 2.75) is 13.0 Å². The van der Waals surface area contributed by atoms with Gasteiger partial charge in [0.25, 0.3) is 0 Å². The maximum atomic E-state index is 9.56. The van der Waals surface area contributed by atoms with E-state index in [0.29, 0.717) is 0 Å². The Hall–Kier alpha value is -0.900. The number of benzene rings is 1. The maximum absolute atomic E-state index is 9.56. The monoisotopic (exact) mass is 220 g/mol. The average Bonchev–Trinajstić information content (AvgIpc) is 2.31. The van der Waals surface area contributed by atoms with Gasteiger partial charge in [-0.05, 0) is 12.5 Å². The minimum atomic E-state index is 0.155. The van der Waals surface area contributed by atoms with E-state index in [1.54, 1.807) is 0 Å². The second kappa shape index (κ2) is 5.43. The third kappa shape index (κ3) is 2.61. The fraction of sp³-hybridized carbons (Fsp3) is 0.538. The van der Waals surface area contributed by atoms with Gasteiger partial charge in [-0.2, -0.15) is 0 Å². The van der Waals surface area contributed by atoms with Crippen LogP contribution in [0.4, 0.5) is 0 Å². The van der Waals surface area contributed by atoms with E-state index in [2.05, 4.69) is 41.4 Å². The molecule has 0 saturated carbocycles. The van der Waals surface area contributed by atoms with Crippen LogP contribution >= 0.6 is 0 Å². The molecule has 1 heterocycles. The number of aryl methyl sites for hydroxylation is 1. The molecule has 1 saturated heterocycles. The fourth-order valence-electron chi connectivity index (χ4n) is 2.30. The maximum Gasteiger partial charge on any atom is 0.0628 e. The molecule has 0 radical (unpaired) electrons. The van der Waals surface area contributed by atoms with Gasteiger partial charge in [0.1, 0.15) is 0 Å². The molecule has 0 spiro atoms. The highest BCUT2D eigenvalue weighted by atomic mass is 16.3. The minimum Gasteiger partial charge on any atom is -0.394 e. The van der Waals surface area contributed by atoms with Gasteiger partial charge in [-0.1, -0.05) is 29.8 Å². The molecule has 3 heteroatoms. The quantitative estimate of drug-likeness (QED) is 0.795. The molecule has 0 bridgehead atoms. The van der Waals surface area contributed by atoms with E-state index >= 15 is 0 Å². The molecule has 1 aromatic rings. The summed E-state index contributed by atoms with van der Waals surface area (Å²) in [6, 6.07) is 8.59. The Balaban J connectivity index is 2.14. The zero-order valence-electron chi connectivity index (χ0n) is 9.82. The molecule has 2 rings (SSSR count). The van der Waals surface area contributed by atoms with E-state index < -0.39 is 0 Å². The topological polar surface area (TPSA) is 35.5 Å². The molecule has 0 unspecified atom stereocenters. The number of nitrogens with zero attached hydrogens (tertiary/aromatic N) is 1. The lowest BCUT2D eigenvalue weighted by Gasteiger charge is -2.34. The summed E-state index contributed by atoms with van der Waals surface area (Å²) in [4.78, 5) is 2.35. The largest absolute Gasteiger partial charge is 0.394 e. The summed E-state index contributed by atoms with van der Waals surface area (Å²) in [5.74, 6) is 0. The summed E-state index contributed by atoms with van der Waals surface area (Å²) in [7, 11) is 0.